The molecular weight excluding hydrogens is 190 g/mol. The van der Waals surface area contributed by atoms with Crippen LogP contribution in [0, 0.1) is 6.92 Å². The summed E-state index contributed by atoms with van der Waals surface area (Å²) < 4.78 is 0. The smallest absolute Gasteiger partial charge is 0.224 e. The van der Waals surface area contributed by atoms with Gasteiger partial charge in [0, 0.05) is 24.7 Å². The Morgan fingerprint density at radius 1 is 1.60 bits per heavy atom. The van der Waals surface area contributed by atoms with Gasteiger partial charge in [-0.2, -0.15) is 0 Å². The number of hydrogen-bond acceptors (Lipinski definition) is 3. The third-order valence-corrected chi connectivity index (χ3v) is 2.54. The number of nitrogens with zero attached hydrogens (tertiary/aromatic N) is 2. The minimum atomic E-state index is -0.0118. The van der Waals surface area contributed by atoms with Gasteiger partial charge < -0.3 is 10.6 Å². The SMILES string of the molecule is Cc1cccc(CN2CC(N)CC2=O)n1. The predicted molar refractivity (Wildman–Crippen MR) is 57.0 cm³/mol. The molecule has 15 heavy (non-hydrogen) atoms. The van der Waals surface area contributed by atoms with Crippen molar-refractivity contribution in [2.75, 3.05) is 6.54 Å². The second-order valence-electron chi connectivity index (χ2n) is 4.01. The van der Waals surface area contributed by atoms with Gasteiger partial charge in [0.1, 0.15) is 0 Å². The number of likely N-dealkylation sites (tertiary alicyclic amines) is 1. The van der Waals surface area contributed by atoms with Crippen LogP contribution in [-0.2, 0) is 11.3 Å². The van der Waals surface area contributed by atoms with Crippen molar-refractivity contribution in [2.45, 2.75) is 25.9 Å². The van der Waals surface area contributed by atoms with E-state index in [0.717, 1.165) is 11.4 Å². The summed E-state index contributed by atoms with van der Waals surface area (Å²) in [6.07, 6.45) is 0.464. The number of hydrogen-bond donors (Lipinski definition) is 1. The minimum absolute atomic E-state index is 0.0118. The quantitative estimate of drug-likeness (QED) is 0.762. The molecule has 1 saturated heterocycles. The first-order valence-electron chi connectivity index (χ1n) is 5.11. The fraction of sp³-hybridized carbons (Fsp3) is 0.455. The molecule has 1 atom stereocenters. The Kier molecular flexibility index (Phi) is 2.68. The van der Waals surface area contributed by atoms with Gasteiger partial charge in [-0.1, -0.05) is 6.07 Å². The molecule has 2 heterocycles. The molecule has 1 aromatic heterocycles. The van der Waals surface area contributed by atoms with Gasteiger partial charge in [0.05, 0.1) is 12.2 Å². The van der Waals surface area contributed by atoms with Gasteiger partial charge in [-0.05, 0) is 19.1 Å². The molecule has 4 heteroatoms. The maximum absolute atomic E-state index is 11.5. The average Bonchev–Trinajstić information content (AvgIpc) is 2.45. The largest absolute Gasteiger partial charge is 0.335 e. The van der Waals surface area contributed by atoms with E-state index in [1.165, 1.54) is 0 Å². The van der Waals surface area contributed by atoms with Crippen LogP contribution < -0.4 is 5.73 Å². The molecule has 1 amide bonds. The number of amides is 1. The number of aryl methyl sites for hydroxylation is 1. The van der Waals surface area contributed by atoms with Crippen molar-refractivity contribution in [3.05, 3.63) is 29.6 Å². The molecule has 0 bridgehead atoms. The Morgan fingerprint density at radius 3 is 3.00 bits per heavy atom. The normalized spacial score (nSPS) is 21.1. The molecule has 80 valence electrons. The van der Waals surface area contributed by atoms with Gasteiger partial charge in [0.15, 0.2) is 0 Å². The van der Waals surface area contributed by atoms with Gasteiger partial charge in [0.2, 0.25) is 5.91 Å². The van der Waals surface area contributed by atoms with E-state index < -0.39 is 0 Å². The lowest BCUT2D eigenvalue weighted by Crippen LogP contribution is -2.28. The Hall–Kier alpha value is -1.42. The Balaban J connectivity index is 2.06. The highest BCUT2D eigenvalue weighted by atomic mass is 16.2. The molecular formula is C11H15N3O. The molecule has 0 aliphatic carbocycles. The first-order chi connectivity index (χ1) is 7.15. The molecule has 2 rings (SSSR count). The van der Waals surface area contributed by atoms with E-state index in [1.54, 1.807) is 4.90 Å². The van der Waals surface area contributed by atoms with E-state index >= 15 is 0 Å². The van der Waals surface area contributed by atoms with E-state index in [0.29, 0.717) is 19.5 Å². The van der Waals surface area contributed by atoms with E-state index in [2.05, 4.69) is 4.98 Å². The van der Waals surface area contributed by atoms with Crippen LogP contribution in [0.15, 0.2) is 18.2 Å². The lowest BCUT2D eigenvalue weighted by molar-refractivity contribution is -0.128. The minimum Gasteiger partial charge on any atom is -0.335 e. The van der Waals surface area contributed by atoms with Crippen LogP contribution in [0.4, 0.5) is 0 Å². The zero-order chi connectivity index (χ0) is 10.8. The average molecular weight is 205 g/mol. The van der Waals surface area contributed by atoms with E-state index in [9.17, 15) is 4.79 Å². The third kappa shape index (κ3) is 2.33. The van der Waals surface area contributed by atoms with Gasteiger partial charge in [-0.3, -0.25) is 9.78 Å². The van der Waals surface area contributed by atoms with Crippen LogP contribution in [0.2, 0.25) is 0 Å². The topological polar surface area (TPSA) is 59.2 Å². The zero-order valence-corrected chi connectivity index (χ0v) is 8.81. The Bertz CT molecular complexity index is 378. The number of carbonyl (C=O) groups excluding carboxylic acids is 1. The summed E-state index contributed by atoms with van der Waals surface area (Å²) in [5.74, 6) is 0.130. The fourth-order valence-corrected chi connectivity index (χ4v) is 1.84. The standard InChI is InChI=1S/C11H15N3O/c1-8-3-2-4-10(13-8)7-14-6-9(12)5-11(14)15/h2-4,9H,5-7,12H2,1H3. The van der Waals surface area contributed by atoms with Crippen molar-refractivity contribution in [1.82, 2.24) is 9.88 Å². The summed E-state index contributed by atoms with van der Waals surface area (Å²) in [6, 6.07) is 5.82. The van der Waals surface area contributed by atoms with Crippen LogP contribution in [0.1, 0.15) is 17.8 Å². The fourth-order valence-electron chi connectivity index (χ4n) is 1.84. The number of carbonyl (C=O) groups is 1. The summed E-state index contributed by atoms with van der Waals surface area (Å²) >= 11 is 0. The van der Waals surface area contributed by atoms with E-state index in [-0.39, 0.29) is 11.9 Å². The maximum Gasteiger partial charge on any atom is 0.224 e. The van der Waals surface area contributed by atoms with Crippen LogP contribution in [-0.4, -0.2) is 28.4 Å². The molecule has 1 aliphatic rings. The zero-order valence-electron chi connectivity index (χ0n) is 8.81. The van der Waals surface area contributed by atoms with Crippen molar-refractivity contribution in [2.24, 2.45) is 5.73 Å². The van der Waals surface area contributed by atoms with Gasteiger partial charge in [-0.25, -0.2) is 0 Å². The van der Waals surface area contributed by atoms with Crippen molar-refractivity contribution in [3.8, 4) is 0 Å². The van der Waals surface area contributed by atoms with E-state index in [4.69, 9.17) is 5.73 Å². The molecule has 0 spiro atoms. The molecule has 0 aromatic carbocycles. The molecule has 1 aromatic rings. The van der Waals surface area contributed by atoms with E-state index in [1.807, 2.05) is 25.1 Å². The summed E-state index contributed by atoms with van der Waals surface area (Å²) in [4.78, 5) is 17.6. The molecule has 0 saturated carbocycles. The Morgan fingerprint density at radius 2 is 2.40 bits per heavy atom. The van der Waals surface area contributed by atoms with Crippen molar-refractivity contribution in [1.29, 1.82) is 0 Å². The highest BCUT2D eigenvalue weighted by molar-refractivity contribution is 5.79. The number of aromatic nitrogens is 1. The molecule has 1 fully saturated rings. The second kappa shape index (κ2) is 3.98. The molecule has 0 radical (unpaired) electrons. The number of nitrogens with two attached hydrogens (primary N) is 1. The maximum atomic E-state index is 11.5. The van der Waals surface area contributed by atoms with Crippen LogP contribution in [0.25, 0.3) is 0 Å². The first-order valence-corrected chi connectivity index (χ1v) is 5.11. The van der Waals surface area contributed by atoms with Gasteiger partial charge in [0.25, 0.3) is 0 Å². The van der Waals surface area contributed by atoms with Gasteiger partial charge >= 0.3 is 0 Å². The molecule has 4 nitrogen and oxygen atoms in total. The second-order valence-corrected chi connectivity index (χ2v) is 4.01. The highest BCUT2D eigenvalue weighted by Gasteiger charge is 2.26. The van der Waals surface area contributed by atoms with Crippen molar-refractivity contribution in [3.63, 3.8) is 0 Å². The summed E-state index contributed by atoms with van der Waals surface area (Å²) in [5, 5.41) is 0. The summed E-state index contributed by atoms with van der Waals surface area (Å²) in [5.41, 5.74) is 7.62. The number of rotatable bonds is 2. The predicted octanol–water partition coefficient (Wildman–Crippen LogP) is 0.450. The highest BCUT2D eigenvalue weighted by Crippen LogP contribution is 2.12. The van der Waals surface area contributed by atoms with Crippen LogP contribution in [0.3, 0.4) is 0 Å². The van der Waals surface area contributed by atoms with Crippen molar-refractivity contribution < 1.29 is 4.79 Å². The lowest BCUT2D eigenvalue weighted by atomic mass is 10.3. The molecule has 1 aliphatic heterocycles. The Labute approximate surface area is 89.1 Å². The summed E-state index contributed by atoms with van der Waals surface area (Å²) in [7, 11) is 0. The third-order valence-electron chi connectivity index (χ3n) is 2.54. The molecule has 2 N–H and O–H groups in total. The van der Waals surface area contributed by atoms with Gasteiger partial charge in [-0.15, -0.1) is 0 Å². The number of pyridine rings is 1. The molecule has 1 unspecified atom stereocenters. The van der Waals surface area contributed by atoms with Crippen LogP contribution in [0.5, 0.6) is 0 Å². The monoisotopic (exact) mass is 205 g/mol. The van der Waals surface area contributed by atoms with Crippen molar-refractivity contribution >= 4 is 5.91 Å². The van der Waals surface area contributed by atoms with Crippen LogP contribution >= 0.6 is 0 Å². The lowest BCUT2D eigenvalue weighted by Gasteiger charge is -2.15. The first kappa shape index (κ1) is 10.1. The summed E-state index contributed by atoms with van der Waals surface area (Å²) in [6.45, 7) is 3.17.